The van der Waals surface area contributed by atoms with E-state index < -0.39 is 18.3 Å². The molecule has 0 aliphatic carbocycles. The molecule has 7 nitrogen and oxygen atoms in total. The molecular weight excluding hydrogens is 410 g/mol. The lowest BCUT2D eigenvalue weighted by Gasteiger charge is -2.19. The van der Waals surface area contributed by atoms with Crippen LogP contribution in [0.5, 0.6) is 11.5 Å². The third kappa shape index (κ3) is 8.12. The fourth-order valence-corrected chi connectivity index (χ4v) is 2.64. The summed E-state index contributed by atoms with van der Waals surface area (Å²) in [5.74, 6) is -0.193. The van der Waals surface area contributed by atoms with Crippen molar-refractivity contribution in [1.29, 1.82) is 0 Å². The summed E-state index contributed by atoms with van der Waals surface area (Å²) in [4.78, 5) is 24.3. The predicted molar refractivity (Wildman–Crippen MR) is 112 cm³/mol. The lowest BCUT2D eigenvalue weighted by molar-refractivity contribution is -0.0512. The summed E-state index contributed by atoms with van der Waals surface area (Å²) in [6.45, 7) is 2.63. The van der Waals surface area contributed by atoms with E-state index in [0.717, 1.165) is 5.56 Å². The Bertz CT molecular complexity index is 913. The molecule has 0 radical (unpaired) electrons. The molecule has 9 heteroatoms. The third-order valence-corrected chi connectivity index (χ3v) is 3.91. The van der Waals surface area contributed by atoms with Crippen molar-refractivity contribution in [2.75, 3.05) is 19.0 Å². The zero-order chi connectivity index (χ0) is 23.0. The molecular formula is C22H26F2N2O5. The van der Waals surface area contributed by atoms with Crippen LogP contribution in [-0.4, -0.2) is 37.9 Å². The van der Waals surface area contributed by atoms with Crippen molar-refractivity contribution >= 4 is 17.7 Å². The SMILES string of the molecule is COc1cc(CCNC(=O)c2cccc(NC(=O)OC(C)(C)C)c2)ccc1OC(F)F. The van der Waals surface area contributed by atoms with Crippen LogP contribution in [-0.2, 0) is 11.2 Å². The largest absolute Gasteiger partial charge is 0.493 e. The number of rotatable bonds is 8. The normalized spacial score (nSPS) is 11.1. The predicted octanol–water partition coefficient (Wildman–Crippen LogP) is 4.62. The zero-order valence-corrected chi connectivity index (χ0v) is 17.8. The molecule has 168 valence electrons. The van der Waals surface area contributed by atoms with E-state index in [1.807, 2.05) is 0 Å². The first kappa shape index (κ1) is 23.9. The van der Waals surface area contributed by atoms with Crippen LogP contribution in [0.15, 0.2) is 42.5 Å². The van der Waals surface area contributed by atoms with Crippen molar-refractivity contribution in [3.63, 3.8) is 0 Å². The Morgan fingerprint density at radius 3 is 2.45 bits per heavy atom. The van der Waals surface area contributed by atoms with E-state index >= 15 is 0 Å². The molecule has 2 N–H and O–H groups in total. The Morgan fingerprint density at radius 2 is 1.81 bits per heavy atom. The van der Waals surface area contributed by atoms with Gasteiger partial charge in [-0.1, -0.05) is 12.1 Å². The molecule has 0 heterocycles. The summed E-state index contributed by atoms with van der Waals surface area (Å²) in [6, 6.07) is 11.1. The average molecular weight is 436 g/mol. The van der Waals surface area contributed by atoms with Crippen molar-refractivity contribution < 1.29 is 32.6 Å². The maximum Gasteiger partial charge on any atom is 0.412 e. The second-order valence-electron chi connectivity index (χ2n) is 7.58. The van der Waals surface area contributed by atoms with Gasteiger partial charge in [0.25, 0.3) is 5.91 Å². The van der Waals surface area contributed by atoms with E-state index in [9.17, 15) is 18.4 Å². The van der Waals surface area contributed by atoms with Gasteiger partial charge in [0.05, 0.1) is 7.11 Å². The molecule has 2 rings (SSSR count). The molecule has 0 aliphatic heterocycles. The number of hydrogen-bond donors (Lipinski definition) is 2. The number of halogens is 2. The maximum absolute atomic E-state index is 12.4. The first-order chi connectivity index (χ1) is 14.6. The Kier molecular flexibility index (Phi) is 8.18. The lowest BCUT2D eigenvalue weighted by atomic mass is 10.1. The fourth-order valence-electron chi connectivity index (χ4n) is 2.64. The lowest BCUT2D eigenvalue weighted by Crippen LogP contribution is -2.28. The van der Waals surface area contributed by atoms with E-state index in [4.69, 9.17) is 9.47 Å². The molecule has 0 unspecified atom stereocenters. The maximum atomic E-state index is 12.4. The Hall–Kier alpha value is -3.36. The number of benzene rings is 2. The Balaban J connectivity index is 1.92. The van der Waals surface area contributed by atoms with Gasteiger partial charge in [-0.15, -0.1) is 0 Å². The number of ether oxygens (including phenoxy) is 3. The highest BCUT2D eigenvalue weighted by atomic mass is 19.3. The van der Waals surface area contributed by atoms with E-state index in [2.05, 4.69) is 15.4 Å². The van der Waals surface area contributed by atoms with Gasteiger partial charge in [0.2, 0.25) is 0 Å². The standard InChI is InChI=1S/C22H26F2N2O5/c1-22(2,3)31-21(28)26-16-7-5-6-15(13-16)19(27)25-11-10-14-8-9-17(30-20(23)24)18(12-14)29-4/h5-9,12-13,20H,10-11H2,1-4H3,(H,25,27)(H,26,28). The van der Waals surface area contributed by atoms with Crippen LogP contribution < -0.4 is 20.1 Å². The third-order valence-electron chi connectivity index (χ3n) is 3.91. The topological polar surface area (TPSA) is 85.9 Å². The highest BCUT2D eigenvalue weighted by molar-refractivity contribution is 5.96. The number of amides is 2. The van der Waals surface area contributed by atoms with E-state index in [0.29, 0.717) is 24.2 Å². The molecule has 0 saturated heterocycles. The molecule has 2 amide bonds. The number of anilines is 1. The summed E-state index contributed by atoms with van der Waals surface area (Å²) in [5.41, 5.74) is 0.943. The molecule has 2 aromatic rings. The van der Waals surface area contributed by atoms with Gasteiger partial charge >= 0.3 is 12.7 Å². The molecule has 0 aromatic heterocycles. The van der Waals surface area contributed by atoms with Crippen molar-refractivity contribution in [3.05, 3.63) is 53.6 Å². The summed E-state index contributed by atoms with van der Waals surface area (Å²) in [7, 11) is 1.36. The summed E-state index contributed by atoms with van der Waals surface area (Å²) in [5, 5.41) is 5.36. The first-order valence-electron chi connectivity index (χ1n) is 9.57. The fraction of sp³-hybridized carbons (Fsp3) is 0.364. The van der Waals surface area contributed by atoms with Gasteiger partial charge in [0.1, 0.15) is 5.60 Å². The van der Waals surface area contributed by atoms with Crippen molar-refractivity contribution in [3.8, 4) is 11.5 Å². The van der Waals surface area contributed by atoms with E-state index in [1.54, 1.807) is 57.2 Å². The second-order valence-corrected chi connectivity index (χ2v) is 7.58. The number of hydrogen-bond acceptors (Lipinski definition) is 5. The monoisotopic (exact) mass is 436 g/mol. The van der Waals surface area contributed by atoms with Gasteiger partial charge in [0, 0.05) is 17.8 Å². The van der Waals surface area contributed by atoms with E-state index in [1.165, 1.54) is 13.2 Å². The smallest absolute Gasteiger partial charge is 0.412 e. The van der Waals surface area contributed by atoms with Gasteiger partial charge in [0.15, 0.2) is 11.5 Å². The molecule has 0 atom stereocenters. The first-order valence-corrected chi connectivity index (χ1v) is 9.57. The second kappa shape index (κ2) is 10.6. The van der Waals surface area contributed by atoms with Crippen LogP contribution >= 0.6 is 0 Å². The summed E-state index contributed by atoms with van der Waals surface area (Å²) < 4.78 is 39.5. The van der Waals surface area contributed by atoms with Crippen molar-refractivity contribution in [1.82, 2.24) is 5.32 Å². The highest BCUT2D eigenvalue weighted by Crippen LogP contribution is 2.29. The number of nitrogens with one attached hydrogen (secondary N) is 2. The molecule has 31 heavy (non-hydrogen) atoms. The van der Waals surface area contributed by atoms with Gasteiger partial charge < -0.3 is 19.5 Å². The summed E-state index contributed by atoms with van der Waals surface area (Å²) >= 11 is 0. The quantitative estimate of drug-likeness (QED) is 0.631. The van der Waals surface area contributed by atoms with Gasteiger partial charge in [-0.2, -0.15) is 8.78 Å². The molecule has 0 spiro atoms. The van der Waals surface area contributed by atoms with Crippen molar-refractivity contribution in [2.45, 2.75) is 39.4 Å². The number of carbonyl (C=O) groups excluding carboxylic acids is 2. The zero-order valence-electron chi connectivity index (χ0n) is 17.8. The Labute approximate surface area is 179 Å². The Morgan fingerprint density at radius 1 is 1.06 bits per heavy atom. The molecule has 0 aliphatic rings. The van der Waals surface area contributed by atoms with Crippen molar-refractivity contribution in [2.24, 2.45) is 0 Å². The number of carbonyl (C=O) groups is 2. The van der Waals surface area contributed by atoms with Crippen LogP contribution in [0.3, 0.4) is 0 Å². The molecule has 0 saturated carbocycles. The van der Waals surface area contributed by atoms with Gasteiger partial charge in [-0.05, 0) is 63.1 Å². The number of alkyl halides is 2. The van der Waals surface area contributed by atoms with Gasteiger partial charge in [-0.25, -0.2) is 4.79 Å². The minimum absolute atomic E-state index is 0.0559. The minimum atomic E-state index is -2.94. The number of methoxy groups -OCH3 is 1. The van der Waals surface area contributed by atoms with Gasteiger partial charge in [-0.3, -0.25) is 10.1 Å². The summed E-state index contributed by atoms with van der Waals surface area (Å²) in [6.07, 6.45) is -0.161. The molecule has 0 fully saturated rings. The van der Waals surface area contributed by atoms with E-state index in [-0.39, 0.29) is 17.4 Å². The van der Waals surface area contributed by atoms with Crippen LogP contribution in [0.4, 0.5) is 19.3 Å². The minimum Gasteiger partial charge on any atom is -0.493 e. The highest BCUT2D eigenvalue weighted by Gasteiger charge is 2.17. The van der Waals surface area contributed by atoms with Crippen LogP contribution in [0.25, 0.3) is 0 Å². The molecule has 2 aromatic carbocycles. The molecule has 0 bridgehead atoms. The average Bonchev–Trinajstić information content (AvgIpc) is 2.67. The van der Waals surface area contributed by atoms with Crippen LogP contribution in [0.2, 0.25) is 0 Å². The van der Waals surface area contributed by atoms with Crippen LogP contribution in [0, 0.1) is 0 Å². The van der Waals surface area contributed by atoms with Crippen LogP contribution in [0.1, 0.15) is 36.7 Å².